The molecule has 0 aliphatic carbocycles. The maximum Gasteiger partial charge on any atom is 0.317 e. The van der Waals surface area contributed by atoms with Crippen molar-refractivity contribution in [3.8, 4) is 11.5 Å². The first-order valence-electron chi connectivity index (χ1n) is 7.74. The maximum absolute atomic E-state index is 12.2. The van der Waals surface area contributed by atoms with Crippen molar-refractivity contribution in [2.24, 2.45) is 0 Å². The van der Waals surface area contributed by atoms with Crippen LogP contribution in [-0.4, -0.2) is 31.3 Å². The lowest BCUT2D eigenvalue weighted by Crippen LogP contribution is -2.37. The van der Waals surface area contributed by atoms with Gasteiger partial charge in [0.2, 0.25) is 6.79 Å². The number of ether oxygens (including phenoxy) is 2. The smallest absolute Gasteiger partial charge is 0.317 e. The molecule has 0 fully saturated rings. The van der Waals surface area contributed by atoms with Gasteiger partial charge in [-0.05, 0) is 35.7 Å². The predicted molar refractivity (Wildman–Crippen MR) is 92.6 cm³/mol. The molecule has 1 N–H and O–H groups in total. The van der Waals surface area contributed by atoms with E-state index in [2.05, 4.69) is 5.32 Å². The Labute approximate surface area is 146 Å². The third-order valence-corrected chi connectivity index (χ3v) is 4.21. The highest BCUT2D eigenvalue weighted by atomic mass is 35.5. The van der Waals surface area contributed by atoms with Crippen LogP contribution in [0.25, 0.3) is 0 Å². The molecule has 0 bridgehead atoms. The quantitative estimate of drug-likeness (QED) is 0.902. The Bertz CT molecular complexity index is 736. The number of halogens is 1. The average Bonchev–Trinajstić information content (AvgIpc) is 3.04. The molecule has 0 saturated carbocycles. The third-order valence-electron chi connectivity index (χ3n) is 3.84. The summed E-state index contributed by atoms with van der Waals surface area (Å²) < 4.78 is 10.6. The molecule has 0 atom stereocenters. The Morgan fingerprint density at radius 2 is 2.00 bits per heavy atom. The van der Waals surface area contributed by atoms with Gasteiger partial charge in [-0.15, -0.1) is 0 Å². The molecule has 0 saturated heterocycles. The van der Waals surface area contributed by atoms with E-state index in [0.29, 0.717) is 18.1 Å². The van der Waals surface area contributed by atoms with Crippen molar-refractivity contribution in [2.45, 2.75) is 13.0 Å². The van der Waals surface area contributed by atoms with Crippen molar-refractivity contribution in [2.75, 3.05) is 20.4 Å². The van der Waals surface area contributed by atoms with Gasteiger partial charge in [0.25, 0.3) is 0 Å². The van der Waals surface area contributed by atoms with Crippen molar-refractivity contribution in [3.05, 3.63) is 58.6 Å². The van der Waals surface area contributed by atoms with Gasteiger partial charge in [0, 0.05) is 25.2 Å². The minimum atomic E-state index is -0.129. The van der Waals surface area contributed by atoms with Gasteiger partial charge in [0.1, 0.15) is 0 Å². The molecular formula is C18H19ClN2O3. The molecule has 0 radical (unpaired) electrons. The molecule has 0 spiro atoms. The number of nitrogens with one attached hydrogen (secondary N) is 1. The minimum absolute atomic E-state index is 0.129. The fourth-order valence-corrected chi connectivity index (χ4v) is 2.69. The summed E-state index contributed by atoms with van der Waals surface area (Å²) in [5, 5.41) is 3.57. The highest BCUT2D eigenvalue weighted by Crippen LogP contribution is 2.32. The zero-order valence-electron chi connectivity index (χ0n) is 13.4. The highest BCUT2D eigenvalue weighted by Gasteiger charge is 2.14. The fraction of sp³-hybridized carbons (Fsp3) is 0.278. The maximum atomic E-state index is 12.2. The molecule has 1 aliphatic heterocycles. The highest BCUT2D eigenvalue weighted by molar-refractivity contribution is 6.31. The lowest BCUT2D eigenvalue weighted by Gasteiger charge is -2.18. The van der Waals surface area contributed by atoms with E-state index in [-0.39, 0.29) is 12.8 Å². The number of nitrogens with zero attached hydrogens (tertiary/aromatic N) is 1. The summed E-state index contributed by atoms with van der Waals surface area (Å²) in [4.78, 5) is 13.8. The fourth-order valence-electron chi connectivity index (χ4n) is 2.50. The van der Waals surface area contributed by atoms with Crippen LogP contribution in [-0.2, 0) is 13.0 Å². The standard InChI is InChI=1S/C18H19ClN2O3/c1-21(11-14-4-2-3-5-15(14)19)18(22)20-9-8-13-6-7-16-17(10-13)24-12-23-16/h2-7,10H,8-9,11-12H2,1H3,(H,20,22). The Balaban J connectivity index is 1.47. The van der Waals surface area contributed by atoms with Crippen LogP contribution >= 0.6 is 11.6 Å². The van der Waals surface area contributed by atoms with Gasteiger partial charge >= 0.3 is 6.03 Å². The zero-order chi connectivity index (χ0) is 16.9. The van der Waals surface area contributed by atoms with E-state index in [1.165, 1.54) is 0 Å². The zero-order valence-corrected chi connectivity index (χ0v) is 14.2. The molecule has 1 aliphatic rings. The first-order valence-corrected chi connectivity index (χ1v) is 8.12. The van der Waals surface area contributed by atoms with Gasteiger partial charge in [-0.25, -0.2) is 4.79 Å². The number of amides is 2. The van der Waals surface area contributed by atoms with Crippen LogP contribution in [0.1, 0.15) is 11.1 Å². The van der Waals surface area contributed by atoms with E-state index in [4.69, 9.17) is 21.1 Å². The topological polar surface area (TPSA) is 50.8 Å². The number of carbonyl (C=O) groups is 1. The van der Waals surface area contributed by atoms with Gasteiger partial charge in [0.15, 0.2) is 11.5 Å². The number of hydrogen-bond acceptors (Lipinski definition) is 3. The van der Waals surface area contributed by atoms with Crippen LogP contribution in [0.3, 0.4) is 0 Å². The normalized spacial score (nSPS) is 12.1. The van der Waals surface area contributed by atoms with Crippen molar-refractivity contribution in [3.63, 3.8) is 0 Å². The van der Waals surface area contributed by atoms with Crippen molar-refractivity contribution in [1.82, 2.24) is 10.2 Å². The van der Waals surface area contributed by atoms with Crippen LogP contribution in [0.2, 0.25) is 5.02 Å². The van der Waals surface area contributed by atoms with Gasteiger partial charge in [-0.2, -0.15) is 0 Å². The first-order chi connectivity index (χ1) is 11.6. The largest absolute Gasteiger partial charge is 0.454 e. The van der Waals surface area contributed by atoms with E-state index in [1.807, 2.05) is 42.5 Å². The number of rotatable bonds is 5. The molecule has 6 heteroatoms. The molecule has 5 nitrogen and oxygen atoms in total. The molecule has 2 amide bonds. The molecule has 0 aromatic heterocycles. The van der Waals surface area contributed by atoms with Crippen molar-refractivity contribution in [1.29, 1.82) is 0 Å². The molecule has 0 unspecified atom stereocenters. The van der Waals surface area contributed by atoms with E-state index in [0.717, 1.165) is 29.0 Å². The van der Waals surface area contributed by atoms with Crippen LogP contribution in [0.15, 0.2) is 42.5 Å². The molecule has 24 heavy (non-hydrogen) atoms. The Morgan fingerprint density at radius 1 is 1.21 bits per heavy atom. The van der Waals surface area contributed by atoms with Crippen LogP contribution < -0.4 is 14.8 Å². The Hall–Kier alpha value is -2.40. The summed E-state index contributed by atoms with van der Waals surface area (Å²) in [6, 6.07) is 13.2. The SMILES string of the molecule is CN(Cc1ccccc1Cl)C(=O)NCCc1ccc2c(c1)OCO2. The summed E-state index contributed by atoms with van der Waals surface area (Å²) in [6.07, 6.45) is 0.725. The molecule has 126 valence electrons. The van der Waals surface area contributed by atoms with Crippen molar-refractivity contribution >= 4 is 17.6 Å². The minimum Gasteiger partial charge on any atom is -0.454 e. The number of hydrogen-bond donors (Lipinski definition) is 1. The predicted octanol–water partition coefficient (Wildman–Crippen LogP) is 3.45. The van der Waals surface area contributed by atoms with Gasteiger partial charge in [-0.1, -0.05) is 35.9 Å². The molecule has 2 aromatic rings. The van der Waals surface area contributed by atoms with E-state index in [9.17, 15) is 4.79 Å². The number of urea groups is 1. The summed E-state index contributed by atoms with van der Waals surface area (Å²) in [5.74, 6) is 1.52. The van der Waals surface area contributed by atoms with Crippen LogP contribution in [0.4, 0.5) is 4.79 Å². The second-order valence-electron chi connectivity index (χ2n) is 5.62. The second-order valence-corrected chi connectivity index (χ2v) is 6.02. The second kappa shape index (κ2) is 7.45. The summed E-state index contributed by atoms with van der Waals surface area (Å²) >= 11 is 6.12. The van der Waals surface area contributed by atoms with E-state index in [1.54, 1.807) is 11.9 Å². The Morgan fingerprint density at radius 3 is 2.83 bits per heavy atom. The van der Waals surface area contributed by atoms with E-state index >= 15 is 0 Å². The lowest BCUT2D eigenvalue weighted by molar-refractivity contribution is 0.174. The van der Waals surface area contributed by atoms with Gasteiger partial charge < -0.3 is 19.7 Å². The monoisotopic (exact) mass is 346 g/mol. The molecular weight excluding hydrogens is 328 g/mol. The third kappa shape index (κ3) is 3.92. The average molecular weight is 347 g/mol. The van der Waals surface area contributed by atoms with Gasteiger partial charge in [-0.3, -0.25) is 0 Å². The van der Waals surface area contributed by atoms with Crippen molar-refractivity contribution < 1.29 is 14.3 Å². The number of carbonyl (C=O) groups excluding carboxylic acids is 1. The molecule has 3 rings (SSSR count). The van der Waals surface area contributed by atoms with Gasteiger partial charge in [0.05, 0.1) is 0 Å². The van der Waals surface area contributed by atoms with Crippen LogP contribution in [0.5, 0.6) is 11.5 Å². The summed E-state index contributed by atoms with van der Waals surface area (Å²) in [7, 11) is 1.75. The molecule has 2 aromatic carbocycles. The van der Waals surface area contributed by atoms with Crippen LogP contribution in [0, 0.1) is 0 Å². The summed E-state index contributed by atoms with van der Waals surface area (Å²) in [5.41, 5.74) is 2.01. The summed E-state index contributed by atoms with van der Waals surface area (Å²) in [6.45, 7) is 1.28. The lowest BCUT2D eigenvalue weighted by atomic mass is 10.1. The number of fused-ring (bicyclic) bond motifs is 1. The van der Waals surface area contributed by atoms with E-state index < -0.39 is 0 Å². The molecule has 1 heterocycles. The first kappa shape index (κ1) is 16.5. The Kier molecular flexibility index (Phi) is 5.11. The number of benzene rings is 2.